The summed E-state index contributed by atoms with van der Waals surface area (Å²) in [6.45, 7) is 2.29. The van der Waals surface area contributed by atoms with E-state index in [0.717, 1.165) is 16.7 Å². The average molecular weight is 404 g/mol. The fourth-order valence-corrected chi connectivity index (χ4v) is 2.78. The maximum Gasteiger partial charge on any atom is 0.277 e. The van der Waals surface area contributed by atoms with Crippen molar-refractivity contribution in [2.45, 2.75) is 6.92 Å². The summed E-state index contributed by atoms with van der Waals surface area (Å²) in [5, 5.41) is 3.96. The Morgan fingerprint density at radius 1 is 0.933 bits per heavy atom. The second-order valence-electron chi connectivity index (χ2n) is 6.32. The number of benzene rings is 3. The molecule has 0 atom stereocenters. The Balaban J connectivity index is 1.49. The number of carbonyl (C=O) groups is 1. The van der Waals surface area contributed by atoms with Gasteiger partial charge in [-0.3, -0.25) is 4.79 Å². The van der Waals surface area contributed by atoms with Crippen LogP contribution in [-0.4, -0.2) is 32.4 Å². The van der Waals surface area contributed by atoms with Crippen molar-refractivity contribution in [2.24, 2.45) is 5.10 Å². The summed E-state index contributed by atoms with van der Waals surface area (Å²) in [5.74, 6) is 1.53. The number of nitrogens with one attached hydrogen (secondary N) is 1. The van der Waals surface area contributed by atoms with Gasteiger partial charge in [-0.1, -0.05) is 42.5 Å². The molecule has 1 amide bonds. The highest BCUT2D eigenvalue weighted by molar-refractivity contribution is 5.83. The maximum atomic E-state index is 12.0. The van der Waals surface area contributed by atoms with Crippen molar-refractivity contribution in [3.8, 4) is 28.4 Å². The molecule has 0 radical (unpaired) electrons. The smallest absolute Gasteiger partial charge is 0.277 e. The predicted octanol–water partition coefficient (Wildman–Crippen LogP) is 4.29. The first-order chi connectivity index (χ1) is 14.7. The molecule has 0 aliphatic carbocycles. The van der Waals surface area contributed by atoms with Gasteiger partial charge in [-0.05, 0) is 53.9 Å². The van der Waals surface area contributed by atoms with E-state index in [1.165, 1.54) is 6.21 Å². The normalized spacial score (nSPS) is 10.6. The Hall–Kier alpha value is -3.80. The van der Waals surface area contributed by atoms with Crippen LogP contribution in [0, 0.1) is 0 Å². The van der Waals surface area contributed by atoms with E-state index in [0.29, 0.717) is 23.9 Å². The van der Waals surface area contributed by atoms with E-state index in [9.17, 15) is 4.79 Å². The number of hydrogen-bond donors (Lipinski definition) is 1. The maximum absolute atomic E-state index is 12.0. The highest BCUT2D eigenvalue weighted by Gasteiger charge is 2.05. The highest BCUT2D eigenvalue weighted by atomic mass is 16.5. The van der Waals surface area contributed by atoms with Crippen molar-refractivity contribution in [3.63, 3.8) is 0 Å². The molecule has 0 bridgehead atoms. The van der Waals surface area contributed by atoms with E-state index in [1.54, 1.807) is 19.2 Å². The fraction of sp³-hybridized carbons (Fsp3) is 0.167. The zero-order chi connectivity index (χ0) is 21.2. The molecule has 0 aliphatic rings. The molecule has 0 saturated heterocycles. The van der Waals surface area contributed by atoms with Gasteiger partial charge in [-0.25, -0.2) is 5.43 Å². The quantitative estimate of drug-likeness (QED) is 0.427. The van der Waals surface area contributed by atoms with Gasteiger partial charge in [0.25, 0.3) is 5.91 Å². The molecule has 0 saturated carbocycles. The van der Waals surface area contributed by atoms with Gasteiger partial charge in [-0.15, -0.1) is 0 Å². The Morgan fingerprint density at radius 3 is 2.37 bits per heavy atom. The lowest BCUT2D eigenvalue weighted by Gasteiger charge is -2.09. The van der Waals surface area contributed by atoms with Gasteiger partial charge in [0.15, 0.2) is 18.1 Å². The summed E-state index contributed by atoms with van der Waals surface area (Å²) in [6.07, 6.45) is 1.54. The van der Waals surface area contributed by atoms with Gasteiger partial charge in [0.05, 0.1) is 19.9 Å². The van der Waals surface area contributed by atoms with E-state index in [2.05, 4.69) is 10.5 Å². The number of amides is 1. The molecule has 0 fully saturated rings. The van der Waals surface area contributed by atoms with E-state index in [4.69, 9.17) is 14.2 Å². The van der Waals surface area contributed by atoms with Gasteiger partial charge >= 0.3 is 0 Å². The molecule has 0 heterocycles. The van der Waals surface area contributed by atoms with Crippen LogP contribution in [-0.2, 0) is 4.79 Å². The highest BCUT2D eigenvalue weighted by Crippen LogP contribution is 2.27. The molecule has 6 heteroatoms. The van der Waals surface area contributed by atoms with E-state index in [1.807, 2.05) is 67.6 Å². The van der Waals surface area contributed by atoms with E-state index < -0.39 is 0 Å². The molecule has 0 aliphatic heterocycles. The van der Waals surface area contributed by atoms with Crippen LogP contribution >= 0.6 is 0 Å². The van der Waals surface area contributed by atoms with Crippen molar-refractivity contribution >= 4 is 12.1 Å². The second-order valence-corrected chi connectivity index (χ2v) is 6.32. The Bertz CT molecular complexity index is 986. The Kier molecular flexibility index (Phi) is 7.44. The molecule has 3 aromatic rings. The van der Waals surface area contributed by atoms with Crippen LogP contribution in [0.3, 0.4) is 0 Å². The van der Waals surface area contributed by atoms with Crippen LogP contribution < -0.4 is 19.6 Å². The number of rotatable bonds is 9. The molecule has 6 nitrogen and oxygen atoms in total. The predicted molar refractivity (Wildman–Crippen MR) is 117 cm³/mol. The third-order valence-corrected chi connectivity index (χ3v) is 4.22. The van der Waals surface area contributed by atoms with Crippen LogP contribution in [0.25, 0.3) is 11.1 Å². The first-order valence-electron chi connectivity index (χ1n) is 9.60. The van der Waals surface area contributed by atoms with Crippen molar-refractivity contribution in [3.05, 3.63) is 78.4 Å². The number of methoxy groups -OCH3 is 1. The third-order valence-electron chi connectivity index (χ3n) is 4.22. The monoisotopic (exact) mass is 404 g/mol. The lowest BCUT2D eigenvalue weighted by atomic mass is 10.1. The zero-order valence-electron chi connectivity index (χ0n) is 17.0. The third kappa shape index (κ3) is 5.85. The van der Waals surface area contributed by atoms with Crippen LogP contribution in [0.2, 0.25) is 0 Å². The Morgan fingerprint density at radius 2 is 1.67 bits per heavy atom. The van der Waals surface area contributed by atoms with Crippen molar-refractivity contribution in [1.29, 1.82) is 0 Å². The molecule has 0 unspecified atom stereocenters. The minimum Gasteiger partial charge on any atom is -0.493 e. The molecule has 154 valence electrons. The van der Waals surface area contributed by atoms with Gasteiger partial charge in [0.2, 0.25) is 0 Å². The fourth-order valence-electron chi connectivity index (χ4n) is 2.78. The van der Waals surface area contributed by atoms with Gasteiger partial charge in [-0.2, -0.15) is 5.10 Å². The molecule has 3 rings (SSSR count). The molecule has 0 aromatic heterocycles. The lowest BCUT2D eigenvalue weighted by molar-refractivity contribution is -0.123. The van der Waals surface area contributed by atoms with E-state index >= 15 is 0 Å². The summed E-state index contributed by atoms with van der Waals surface area (Å²) in [7, 11) is 1.58. The summed E-state index contributed by atoms with van der Waals surface area (Å²) in [6, 6.07) is 23.1. The van der Waals surface area contributed by atoms with Crippen LogP contribution in [0.5, 0.6) is 17.2 Å². The minimum atomic E-state index is -0.350. The standard InChI is InChI=1S/C24H24N2O4/c1-3-29-23-15-18(9-14-22(23)28-2)16-25-26-24(27)17-30-21-12-10-20(11-13-21)19-7-5-4-6-8-19/h4-16H,3,17H2,1-2H3,(H,26,27). The largest absolute Gasteiger partial charge is 0.493 e. The summed E-state index contributed by atoms with van der Waals surface area (Å²) in [5.41, 5.74) is 5.44. The summed E-state index contributed by atoms with van der Waals surface area (Å²) < 4.78 is 16.3. The lowest BCUT2D eigenvalue weighted by Crippen LogP contribution is -2.24. The second kappa shape index (κ2) is 10.7. The Labute approximate surface area is 176 Å². The van der Waals surface area contributed by atoms with Crippen molar-refractivity contribution in [1.82, 2.24) is 5.43 Å². The van der Waals surface area contributed by atoms with Crippen molar-refractivity contribution < 1.29 is 19.0 Å². The van der Waals surface area contributed by atoms with Gasteiger partial charge in [0, 0.05) is 0 Å². The molecule has 0 spiro atoms. The molecule has 3 aromatic carbocycles. The number of nitrogens with zero attached hydrogens (tertiary/aromatic N) is 1. The van der Waals surface area contributed by atoms with Crippen LogP contribution in [0.4, 0.5) is 0 Å². The molecule has 1 N–H and O–H groups in total. The summed E-state index contributed by atoms with van der Waals surface area (Å²) >= 11 is 0. The minimum absolute atomic E-state index is 0.130. The van der Waals surface area contributed by atoms with Gasteiger partial charge in [0.1, 0.15) is 5.75 Å². The molecular formula is C24H24N2O4. The van der Waals surface area contributed by atoms with Crippen molar-refractivity contribution in [2.75, 3.05) is 20.3 Å². The first-order valence-corrected chi connectivity index (χ1v) is 9.60. The number of hydrazone groups is 1. The first kappa shape index (κ1) is 20.9. The number of hydrogen-bond acceptors (Lipinski definition) is 5. The molecule has 30 heavy (non-hydrogen) atoms. The van der Waals surface area contributed by atoms with E-state index in [-0.39, 0.29) is 12.5 Å². The SMILES string of the molecule is CCOc1cc(C=NNC(=O)COc2ccc(-c3ccccc3)cc2)ccc1OC. The number of carbonyl (C=O) groups excluding carboxylic acids is 1. The van der Waals surface area contributed by atoms with Crippen LogP contribution in [0.1, 0.15) is 12.5 Å². The van der Waals surface area contributed by atoms with Crippen LogP contribution in [0.15, 0.2) is 77.9 Å². The topological polar surface area (TPSA) is 69.2 Å². The molecular weight excluding hydrogens is 380 g/mol. The summed E-state index contributed by atoms with van der Waals surface area (Å²) in [4.78, 5) is 12.0. The number of ether oxygens (including phenoxy) is 3. The average Bonchev–Trinajstić information content (AvgIpc) is 2.79. The zero-order valence-corrected chi connectivity index (χ0v) is 17.0. The van der Waals surface area contributed by atoms with Gasteiger partial charge < -0.3 is 14.2 Å².